The molecule has 0 aliphatic rings. The summed E-state index contributed by atoms with van der Waals surface area (Å²) in [6.45, 7) is 6.36. The molecule has 4 aromatic rings. The minimum atomic E-state index is -0.242. The van der Waals surface area contributed by atoms with Crippen LogP contribution < -0.4 is 5.32 Å². The zero-order valence-electron chi connectivity index (χ0n) is 21.9. The summed E-state index contributed by atoms with van der Waals surface area (Å²) >= 11 is 1.62. The molecule has 0 saturated heterocycles. The van der Waals surface area contributed by atoms with E-state index in [1.807, 2.05) is 31.4 Å². The summed E-state index contributed by atoms with van der Waals surface area (Å²) in [5.41, 5.74) is 4.65. The van der Waals surface area contributed by atoms with E-state index < -0.39 is 0 Å². The first-order chi connectivity index (χ1) is 17.8. The van der Waals surface area contributed by atoms with Crippen molar-refractivity contribution in [1.82, 2.24) is 39.5 Å². The predicted octanol–water partition coefficient (Wildman–Crippen LogP) is 3.56. The molecule has 0 aliphatic carbocycles. The van der Waals surface area contributed by atoms with Gasteiger partial charge in [0.2, 0.25) is 5.91 Å². The van der Waals surface area contributed by atoms with E-state index in [1.165, 1.54) is 4.90 Å². The molecule has 2 amide bonds. The number of nitrogens with one attached hydrogen (secondary N) is 1. The number of carbonyl (C=O) groups excluding carboxylic acids is 2. The molecule has 0 spiro atoms. The Morgan fingerprint density at radius 3 is 2.65 bits per heavy atom. The summed E-state index contributed by atoms with van der Waals surface area (Å²) in [7, 11) is 3.43. The fourth-order valence-electron chi connectivity index (χ4n) is 3.94. The molecular weight excluding hydrogens is 488 g/mol. The summed E-state index contributed by atoms with van der Waals surface area (Å²) in [5, 5.41) is 9.53. The van der Waals surface area contributed by atoms with Crippen molar-refractivity contribution in [3.8, 4) is 16.5 Å². The Bertz CT molecular complexity index is 1390. The lowest BCUT2D eigenvalue weighted by molar-refractivity contribution is -0.129. The second-order valence-electron chi connectivity index (χ2n) is 9.07. The summed E-state index contributed by atoms with van der Waals surface area (Å²) in [6, 6.07) is 4.02. The number of amides is 2. The van der Waals surface area contributed by atoms with E-state index in [2.05, 4.69) is 27.3 Å². The van der Waals surface area contributed by atoms with Gasteiger partial charge in [-0.15, -0.1) is 11.3 Å². The molecule has 0 fully saturated rings. The Balaban J connectivity index is 1.60. The Morgan fingerprint density at radius 2 is 1.95 bits per heavy atom. The number of likely N-dealkylation sites (N-methyl/N-ethyl adjacent to an activating group) is 1. The maximum Gasteiger partial charge on any atom is 0.255 e. The number of aryl methyl sites for hydroxylation is 2. The van der Waals surface area contributed by atoms with E-state index in [1.54, 1.807) is 53.4 Å². The molecule has 11 heteroatoms. The molecule has 194 valence electrons. The zero-order chi connectivity index (χ0) is 26.5. The van der Waals surface area contributed by atoms with Gasteiger partial charge in [-0.25, -0.2) is 19.6 Å². The summed E-state index contributed by atoms with van der Waals surface area (Å²) < 4.78 is 3.44. The number of imidazole rings is 1. The Kier molecular flexibility index (Phi) is 8.12. The quantitative estimate of drug-likeness (QED) is 0.342. The highest BCUT2D eigenvalue weighted by molar-refractivity contribution is 7.13. The van der Waals surface area contributed by atoms with Crippen LogP contribution in [0, 0.1) is 13.8 Å². The van der Waals surface area contributed by atoms with Crippen LogP contribution in [-0.2, 0) is 24.3 Å². The summed E-state index contributed by atoms with van der Waals surface area (Å²) in [4.78, 5) is 41.8. The highest BCUT2D eigenvalue weighted by Crippen LogP contribution is 2.26. The minimum Gasteiger partial charge on any atom is -0.347 e. The fraction of sp³-hybridized carbons (Fsp3) is 0.385. The highest BCUT2D eigenvalue weighted by atomic mass is 32.1. The van der Waals surface area contributed by atoms with Gasteiger partial charge in [-0.05, 0) is 43.7 Å². The molecule has 0 atom stereocenters. The maximum atomic E-state index is 13.3. The Labute approximate surface area is 220 Å². The largest absolute Gasteiger partial charge is 0.347 e. The van der Waals surface area contributed by atoms with Crippen LogP contribution in [0.5, 0.6) is 0 Å². The van der Waals surface area contributed by atoms with Crippen LogP contribution in [0.1, 0.15) is 52.8 Å². The van der Waals surface area contributed by atoms with Gasteiger partial charge >= 0.3 is 0 Å². The van der Waals surface area contributed by atoms with E-state index >= 15 is 0 Å². The lowest BCUT2D eigenvalue weighted by atomic mass is 10.1. The van der Waals surface area contributed by atoms with Crippen molar-refractivity contribution in [3.05, 3.63) is 64.4 Å². The Hall–Kier alpha value is -3.86. The van der Waals surface area contributed by atoms with E-state index in [-0.39, 0.29) is 24.9 Å². The maximum absolute atomic E-state index is 13.3. The number of aromatic nitrogens is 6. The average molecular weight is 521 g/mol. The zero-order valence-corrected chi connectivity index (χ0v) is 22.7. The van der Waals surface area contributed by atoms with Gasteiger partial charge in [0.15, 0.2) is 0 Å². The lowest BCUT2D eigenvalue weighted by Gasteiger charge is -2.14. The van der Waals surface area contributed by atoms with Gasteiger partial charge in [-0.3, -0.25) is 9.59 Å². The van der Waals surface area contributed by atoms with Crippen LogP contribution in [-0.4, -0.2) is 60.1 Å². The molecule has 0 aromatic carbocycles. The van der Waals surface area contributed by atoms with Crippen molar-refractivity contribution in [1.29, 1.82) is 0 Å². The third-order valence-electron chi connectivity index (χ3n) is 6.16. The third-order valence-corrected chi connectivity index (χ3v) is 7.04. The predicted molar refractivity (Wildman–Crippen MR) is 143 cm³/mol. The van der Waals surface area contributed by atoms with E-state index in [0.717, 1.165) is 46.1 Å². The standard InChI is InChI=1S/C26H32N8O2S/c1-6-7-9-20-19(25(36)27-14-21-18(3)29-16-33(21)15-23(35)32(4)5)13-30-34(20)26-28-12-17(2)24(31-26)22-10-8-11-37-22/h8,10-13,16H,6-7,9,14-15H2,1-5H3,(H,27,36). The number of thiophene rings is 1. The van der Waals surface area contributed by atoms with Crippen LogP contribution in [0.25, 0.3) is 16.5 Å². The normalized spacial score (nSPS) is 11.1. The molecule has 4 heterocycles. The molecule has 1 N–H and O–H groups in total. The second kappa shape index (κ2) is 11.5. The van der Waals surface area contributed by atoms with Crippen molar-refractivity contribution in [3.63, 3.8) is 0 Å². The summed E-state index contributed by atoms with van der Waals surface area (Å²) in [5.74, 6) is 0.150. The van der Waals surface area contributed by atoms with Gasteiger partial charge in [-0.1, -0.05) is 19.4 Å². The molecule has 4 aromatic heterocycles. The van der Waals surface area contributed by atoms with E-state index in [0.29, 0.717) is 17.9 Å². The number of unbranched alkanes of at least 4 members (excludes halogenated alkanes) is 1. The lowest BCUT2D eigenvalue weighted by Crippen LogP contribution is -2.29. The monoisotopic (exact) mass is 520 g/mol. The van der Waals surface area contributed by atoms with Crippen molar-refractivity contribution >= 4 is 23.2 Å². The van der Waals surface area contributed by atoms with Gasteiger partial charge in [0.1, 0.15) is 6.54 Å². The molecule has 10 nitrogen and oxygen atoms in total. The topological polar surface area (TPSA) is 111 Å². The van der Waals surface area contributed by atoms with E-state index in [4.69, 9.17) is 4.98 Å². The van der Waals surface area contributed by atoms with Gasteiger partial charge in [0.05, 0.1) is 52.3 Å². The molecular formula is C26H32N8O2S. The molecule has 0 aliphatic heterocycles. The number of rotatable bonds is 10. The first-order valence-electron chi connectivity index (χ1n) is 12.2. The van der Waals surface area contributed by atoms with Crippen LogP contribution in [0.4, 0.5) is 0 Å². The molecule has 4 rings (SSSR count). The molecule has 0 radical (unpaired) electrons. The van der Waals surface area contributed by atoms with Gasteiger partial charge < -0.3 is 14.8 Å². The molecule has 0 saturated carbocycles. The van der Waals surface area contributed by atoms with Crippen molar-refractivity contribution in [2.75, 3.05) is 14.1 Å². The van der Waals surface area contributed by atoms with Crippen LogP contribution in [0.3, 0.4) is 0 Å². The SMILES string of the molecule is CCCCc1c(C(=O)NCc2c(C)ncn2CC(=O)N(C)C)cnn1-c1ncc(C)c(-c2cccs2)n1. The number of nitrogens with zero attached hydrogens (tertiary/aromatic N) is 7. The van der Waals surface area contributed by atoms with Gasteiger partial charge in [0, 0.05) is 20.3 Å². The summed E-state index contributed by atoms with van der Waals surface area (Å²) in [6.07, 6.45) is 7.53. The van der Waals surface area contributed by atoms with Gasteiger partial charge in [0.25, 0.3) is 11.9 Å². The van der Waals surface area contributed by atoms with Crippen molar-refractivity contribution in [2.24, 2.45) is 0 Å². The van der Waals surface area contributed by atoms with Crippen LogP contribution in [0.15, 0.2) is 36.2 Å². The minimum absolute atomic E-state index is 0.0480. The third kappa shape index (κ3) is 5.77. The number of carbonyl (C=O) groups is 2. The first kappa shape index (κ1) is 26.2. The van der Waals surface area contributed by atoms with Crippen molar-refractivity contribution < 1.29 is 9.59 Å². The average Bonchev–Trinajstić information content (AvgIpc) is 3.62. The molecule has 0 unspecified atom stereocenters. The Morgan fingerprint density at radius 1 is 1.14 bits per heavy atom. The molecule has 0 bridgehead atoms. The second-order valence-corrected chi connectivity index (χ2v) is 10.0. The molecule has 37 heavy (non-hydrogen) atoms. The number of hydrogen-bond donors (Lipinski definition) is 1. The number of hydrogen-bond acceptors (Lipinski definition) is 7. The van der Waals surface area contributed by atoms with Crippen LogP contribution in [0.2, 0.25) is 0 Å². The highest BCUT2D eigenvalue weighted by Gasteiger charge is 2.21. The van der Waals surface area contributed by atoms with Crippen molar-refractivity contribution in [2.45, 2.75) is 53.1 Å². The van der Waals surface area contributed by atoms with Crippen LogP contribution >= 0.6 is 11.3 Å². The fourth-order valence-corrected chi connectivity index (χ4v) is 4.72. The van der Waals surface area contributed by atoms with E-state index in [9.17, 15) is 9.59 Å². The first-order valence-corrected chi connectivity index (χ1v) is 13.1. The van der Waals surface area contributed by atoms with Gasteiger partial charge in [-0.2, -0.15) is 5.10 Å². The smallest absolute Gasteiger partial charge is 0.255 e.